The van der Waals surface area contributed by atoms with E-state index in [1.54, 1.807) is 13.0 Å². The Kier molecular flexibility index (Phi) is 5.00. The van der Waals surface area contributed by atoms with Gasteiger partial charge < -0.3 is 14.9 Å². The van der Waals surface area contributed by atoms with E-state index in [2.05, 4.69) is 16.7 Å². The molecule has 1 aromatic rings. The van der Waals surface area contributed by atoms with Gasteiger partial charge in [-0.2, -0.15) is 0 Å². The van der Waals surface area contributed by atoms with Gasteiger partial charge in [-0.3, -0.25) is 0 Å². The minimum Gasteiger partial charge on any atom is -0.389 e. The summed E-state index contributed by atoms with van der Waals surface area (Å²) in [5, 5.41) is 9.85. The molecule has 112 valence electrons. The number of likely N-dealkylation sites (tertiary alicyclic amines) is 1. The predicted octanol–water partition coefficient (Wildman–Crippen LogP) is 2.80. The van der Waals surface area contributed by atoms with Crippen LogP contribution in [0, 0.1) is 5.82 Å². The highest BCUT2D eigenvalue weighted by molar-refractivity contribution is 5.55. The van der Waals surface area contributed by atoms with Crippen molar-refractivity contribution in [2.24, 2.45) is 0 Å². The van der Waals surface area contributed by atoms with Crippen LogP contribution in [-0.2, 0) is 0 Å². The van der Waals surface area contributed by atoms with Gasteiger partial charge in [0.05, 0.1) is 6.10 Å². The SMILES string of the molecule is CCN1CCC(N(C)c2ccc(F)cc2C(C)O)CC1. The first-order chi connectivity index (χ1) is 9.52. The Hall–Kier alpha value is -1.13. The first-order valence-electron chi connectivity index (χ1n) is 7.45. The summed E-state index contributed by atoms with van der Waals surface area (Å²) in [6, 6.07) is 5.15. The van der Waals surface area contributed by atoms with Gasteiger partial charge in [-0.05, 0) is 44.5 Å². The van der Waals surface area contributed by atoms with Crippen LogP contribution in [0.25, 0.3) is 0 Å². The first-order valence-corrected chi connectivity index (χ1v) is 7.45. The molecule has 1 unspecified atom stereocenters. The van der Waals surface area contributed by atoms with Crippen LogP contribution in [0.5, 0.6) is 0 Å². The summed E-state index contributed by atoms with van der Waals surface area (Å²) in [4.78, 5) is 4.65. The van der Waals surface area contributed by atoms with Crippen LogP contribution in [-0.4, -0.2) is 42.7 Å². The lowest BCUT2D eigenvalue weighted by molar-refractivity contribution is 0.198. The fourth-order valence-corrected chi connectivity index (χ4v) is 3.00. The number of anilines is 1. The Labute approximate surface area is 121 Å². The van der Waals surface area contributed by atoms with Crippen LogP contribution in [0.3, 0.4) is 0 Å². The molecule has 0 amide bonds. The number of benzene rings is 1. The highest BCUT2D eigenvalue weighted by Crippen LogP contribution is 2.30. The van der Waals surface area contributed by atoms with E-state index in [9.17, 15) is 9.50 Å². The van der Waals surface area contributed by atoms with Crippen molar-refractivity contribution in [2.45, 2.75) is 38.8 Å². The van der Waals surface area contributed by atoms with Crippen LogP contribution in [0.1, 0.15) is 38.4 Å². The molecule has 0 bridgehead atoms. The van der Waals surface area contributed by atoms with E-state index in [-0.39, 0.29) is 5.82 Å². The second-order valence-electron chi connectivity index (χ2n) is 5.66. The van der Waals surface area contributed by atoms with Gasteiger partial charge in [-0.1, -0.05) is 6.92 Å². The lowest BCUT2D eigenvalue weighted by Gasteiger charge is -2.38. The molecule has 1 heterocycles. The Morgan fingerprint density at radius 2 is 2.05 bits per heavy atom. The Balaban J connectivity index is 2.15. The second-order valence-corrected chi connectivity index (χ2v) is 5.66. The predicted molar refractivity (Wildman–Crippen MR) is 80.6 cm³/mol. The molecule has 0 aromatic heterocycles. The number of halogens is 1. The molecule has 1 atom stereocenters. The number of rotatable bonds is 4. The van der Waals surface area contributed by atoms with Crippen molar-refractivity contribution in [1.29, 1.82) is 0 Å². The van der Waals surface area contributed by atoms with Gasteiger partial charge in [-0.15, -0.1) is 0 Å². The zero-order valence-electron chi connectivity index (χ0n) is 12.6. The number of hydrogen-bond donors (Lipinski definition) is 1. The molecule has 1 aromatic carbocycles. The summed E-state index contributed by atoms with van der Waals surface area (Å²) in [5.41, 5.74) is 1.61. The highest BCUT2D eigenvalue weighted by Gasteiger charge is 2.24. The van der Waals surface area contributed by atoms with Gasteiger partial charge >= 0.3 is 0 Å². The molecule has 0 spiro atoms. The molecular weight excluding hydrogens is 255 g/mol. The molecule has 0 saturated carbocycles. The van der Waals surface area contributed by atoms with E-state index >= 15 is 0 Å². The van der Waals surface area contributed by atoms with E-state index in [1.165, 1.54) is 12.1 Å². The molecule has 0 radical (unpaired) electrons. The lowest BCUT2D eigenvalue weighted by Crippen LogP contribution is -2.43. The van der Waals surface area contributed by atoms with Crippen molar-refractivity contribution in [3.8, 4) is 0 Å². The van der Waals surface area contributed by atoms with Crippen LogP contribution in [0.15, 0.2) is 18.2 Å². The van der Waals surface area contributed by atoms with Crippen molar-refractivity contribution in [3.63, 3.8) is 0 Å². The largest absolute Gasteiger partial charge is 0.389 e. The standard InChI is InChI=1S/C16H25FN2O/c1-4-19-9-7-14(8-10-19)18(3)16-6-5-13(17)11-15(16)12(2)20/h5-6,11-12,14,20H,4,7-10H2,1-3H3. The Morgan fingerprint density at radius 3 is 2.60 bits per heavy atom. The fraction of sp³-hybridized carbons (Fsp3) is 0.625. The molecule has 1 saturated heterocycles. The monoisotopic (exact) mass is 280 g/mol. The average molecular weight is 280 g/mol. The van der Waals surface area contributed by atoms with Gasteiger partial charge in [-0.25, -0.2) is 4.39 Å². The Bertz CT molecular complexity index is 442. The smallest absolute Gasteiger partial charge is 0.123 e. The third kappa shape index (κ3) is 3.30. The molecule has 20 heavy (non-hydrogen) atoms. The number of nitrogens with zero attached hydrogens (tertiary/aromatic N) is 2. The van der Waals surface area contributed by atoms with Gasteiger partial charge in [0.2, 0.25) is 0 Å². The van der Waals surface area contributed by atoms with Crippen molar-refractivity contribution in [2.75, 3.05) is 31.6 Å². The first kappa shape index (κ1) is 15.3. The van der Waals surface area contributed by atoms with E-state index in [1.807, 2.05) is 7.05 Å². The lowest BCUT2D eigenvalue weighted by atomic mass is 10.0. The third-order valence-corrected chi connectivity index (χ3v) is 4.37. The maximum atomic E-state index is 13.4. The second kappa shape index (κ2) is 6.55. The molecule has 1 aliphatic rings. The number of piperidine rings is 1. The van der Waals surface area contributed by atoms with Crippen LogP contribution in [0.4, 0.5) is 10.1 Å². The maximum Gasteiger partial charge on any atom is 0.123 e. The van der Waals surface area contributed by atoms with Crippen LogP contribution in [0.2, 0.25) is 0 Å². The van der Waals surface area contributed by atoms with E-state index in [0.29, 0.717) is 11.6 Å². The Morgan fingerprint density at radius 1 is 1.40 bits per heavy atom. The van der Waals surface area contributed by atoms with Crippen molar-refractivity contribution in [1.82, 2.24) is 4.90 Å². The summed E-state index contributed by atoms with van der Waals surface area (Å²) >= 11 is 0. The molecule has 4 heteroatoms. The van der Waals surface area contributed by atoms with Gasteiger partial charge in [0.1, 0.15) is 5.82 Å². The summed E-state index contributed by atoms with van der Waals surface area (Å²) in [6.45, 7) is 7.20. The molecule has 0 aliphatic carbocycles. The number of aliphatic hydroxyl groups is 1. The van der Waals surface area contributed by atoms with Crippen molar-refractivity contribution < 1.29 is 9.50 Å². The van der Waals surface area contributed by atoms with Gasteiger partial charge in [0, 0.05) is 37.4 Å². The van der Waals surface area contributed by atoms with Crippen molar-refractivity contribution >= 4 is 5.69 Å². The maximum absolute atomic E-state index is 13.4. The van der Waals surface area contributed by atoms with E-state index in [0.717, 1.165) is 38.2 Å². The zero-order chi connectivity index (χ0) is 14.7. The molecule has 2 rings (SSSR count). The third-order valence-electron chi connectivity index (χ3n) is 4.37. The molecule has 1 fully saturated rings. The quantitative estimate of drug-likeness (QED) is 0.918. The molecule has 1 N–H and O–H groups in total. The zero-order valence-corrected chi connectivity index (χ0v) is 12.6. The molecule has 1 aliphatic heterocycles. The van der Waals surface area contributed by atoms with Gasteiger partial charge in [0.15, 0.2) is 0 Å². The minimum atomic E-state index is -0.654. The average Bonchev–Trinajstić information content (AvgIpc) is 2.46. The minimum absolute atomic E-state index is 0.293. The van der Waals surface area contributed by atoms with Crippen LogP contribution < -0.4 is 4.90 Å². The van der Waals surface area contributed by atoms with Crippen LogP contribution >= 0.6 is 0 Å². The van der Waals surface area contributed by atoms with Crippen molar-refractivity contribution in [3.05, 3.63) is 29.6 Å². The topological polar surface area (TPSA) is 26.7 Å². The summed E-state index contributed by atoms with van der Waals surface area (Å²) in [5.74, 6) is -0.293. The summed E-state index contributed by atoms with van der Waals surface area (Å²) in [6.07, 6.45) is 1.57. The fourth-order valence-electron chi connectivity index (χ4n) is 3.00. The molecule has 3 nitrogen and oxygen atoms in total. The van der Waals surface area contributed by atoms with E-state index < -0.39 is 6.10 Å². The summed E-state index contributed by atoms with van der Waals surface area (Å²) < 4.78 is 13.4. The summed E-state index contributed by atoms with van der Waals surface area (Å²) in [7, 11) is 2.05. The number of hydrogen-bond acceptors (Lipinski definition) is 3. The highest BCUT2D eigenvalue weighted by atomic mass is 19.1. The van der Waals surface area contributed by atoms with Gasteiger partial charge in [0.25, 0.3) is 0 Å². The molecular formula is C16H25FN2O. The number of aliphatic hydroxyl groups excluding tert-OH is 1. The normalized spacial score (nSPS) is 19.1. The van der Waals surface area contributed by atoms with E-state index in [4.69, 9.17) is 0 Å².